The van der Waals surface area contributed by atoms with Crippen LogP contribution in [0.1, 0.15) is 12.1 Å². The summed E-state index contributed by atoms with van der Waals surface area (Å²) in [5.41, 5.74) is 1.15. The molecule has 18 heavy (non-hydrogen) atoms. The number of nitrogens with zero attached hydrogens (tertiary/aromatic N) is 3. The minimum Gasteiger partial charge on any atom is -0.379 e. The summed E-state index contributed by atoms with van der Waals surface area (Å²) in [5.74, 6) is 0.798. The van der Waals surface area contributed by atoms with Gasteiger partial charge in [-0.2, -0.15) is 0 Å². The van der Waals surface area contributed by atoms with Crippen LogP contribution in [0, 0.1) is 12.8 Å². The number of aryl methyl sites for hydroxylation is 1. The smallest absolute Gasteiger partial charge is 0.185 e. The highest BCUT2D eigenvalue weighted by Crippen LogP contribution is 2.27. The van der Waals surface area contributed by atoms with Crippen molar-refractivity contribution in [3.63, 3.8) is 0 Å². The summed E-state index contributed by atoms with van der Waals surface area (Å²) in [6.45, 7) is 9.65. The first-order valence-electron chi connectivity index (χ1n) is 6.78. The van der Waals surface area contributed by atoms with Gasteiger partial charge >= 0.3 is 0 Å². The number of hydrogen-bond donors (Lipinski definition) is 0. The summed E-state index contributed by atoms with van der Waals surface area (Å²) >= 11 is 1.78. The van der Waals surface area contributed by atoms with Crippen molar-refractivity contribution in [1.82, 2.24) is 9.88 Å². The van der Waals surface area contributed by atoms with E-state index in [0.717, 1.165) is 37.9 Å². The maximum atomic E-state index is 5.40. The molecule has 2 fully saturated rings. The molecule has 5 heteroatoms. The number of hydrogen-bond acceptors (Lipinski definition) is 5. The van der Waals surface area contributed by atoms with Crippen molar-refractivity contribution in [2.75, 3.05) is 50.8 Å². The maximum absolute atomic E-state index is 5.40. The van der Waals surface area contributed by atoms with E-state index in [9.17, 15) is 0 Å². The molecule has 0 spiro atoms. The molecule has 0 aromatic carbocycles. The standard InChI is InChI=1S/C13H21N3OS/c1-11-10-18-13(14-11)16-3-2-12(9-16)8-15-4-6-17-7-5-15/h10,12H,2-9H2,1H3. The quantitative estimate of drug-likeness (QED) is 0.832. The predicted molar refractivity (Wildman–Crippen MR) is 74.4 cm³/mol. The van der Waals surface area contributed by atoms with Gasteiger partial charge in [-0.15, -0.1) is 11.3 Å². The summed E-state index contributed by atoms with van der Waals surface area (Å²) in [7, 11) is 0. The number of morpholine rings is 1. The molecule has 100 valence electrons. The molecule has 1 unspecified atom stereocenters. The third-order valence-corrected chi connectivity index (χ3v) is 4.80. The van der Waals surface area contributed by atoms with Crippen LogP contribution >= 0.6 is 11.3 Å². The van der Waals surface area contributed by atoms with Crippen LogP contribution in [0.3, 0.4) is 0 Å². The molecule has 2 aliphatic rings. The number of rotatable bonds is 3. The van der Waals surface area contributed by atoms with E-state index in [4.69, 9.17) is 4.74 Å². The van der Waals surface area contributed by atoms with E-state index in [2.05, 4.69) is 27.1 Å². The van der Waals surface area contributed by atoms with Crippen molar-refractivity contribution in [2.45, 2.75) is 13.3 Å². The highest BCUT2D eigenvalue weighted by molar-refractivity contribution is 7.13. The zero-order chi connectivity index (χ0) is 12.4. The van der Waals surface area contributed by atoms with Gasteiger partial charge in [0.1, 0.15) is 0 Å². The Labute approximate surface area is 113 Å². The first kappa shape index (κ1) is 12.4. The van der Waals surface area contributed by atoms with Gasteiger partial charge in [0.2, 0.25) is 0 Å². The van der Waals surface area contributed by atoms with Crippen molar-refractivity contribution in [2.24, 2.45) is 5.92 Å². The first-order chi connectivity index (χ1) is 8.81. The number of ether oxygens (including phenoxy) is 1. The molecule has 0 amide bonds. The fourth-order valence-electron chi connectivity index (χ4n) is 2.79. The van der Waals surface area contributed by atoms with Crippen LogP contribution in [0.2, 0.25) is 0 Å². The van der Waals surface area contributed by atoms with Gasteiger partial charge in [-0.05, 0) is 19.3 Å². The van der Waals surface area contributed by atoms with Crippen molar-refractivity contribution >= 4 is 16.5 Å². The molecule has 2 saturated heterocycles. The Kier molecular flexibility index (Phi) is 3.82. The minimum absolute atomic E-state index is 0.798. The summed E-state index contributed by atoms with van der Waals surface area (Å²) in [6, 6.07) is 0. The maximum Gasteiger partial charge on any atom is 0.185 e. The first-order valence-corrected chi connectivity index (χ1v) is 7.66. The second kappa shape index (κ2) is 5.55. The van der Waals surface area contributed by atoms with Crippen LogP contribution < -0.4 is 4.90 Å². The summed E-state index contributed by atoms with van der Waals surface area (Å²) < 4.78 is 5.40. The number of thiazole rings is 1. The summed E-state index contributed by atoms with van der Waals surface area (Å²) in [4.78, 5) is 9.58. The Hall–Kier alpha value is -0.650. The molecular weight excluding hydrogens is 246 g/mol. The second-order valence-corrected chi connectivity index (χ2v) is 6.12. The van der Waals surface area contributed by atoms with E-state index in [0.29, 0.717) is 0 Å². The van der Waals surface area contributed by atoms with Gasteiger partial charge in [0.05, 0.1) is 18.9 Å². The fraction of sp³-hybridized carbons (Fsp3) is 0.769. The average molecular weight is 267 g/mol. The van der Waals surface area contributed by atoms with E-state index in [1.807, 2.05) is 0 Å². The normalized spacial score (nSPS) is 25.8. The van der Waals surface area contributed by atoms with E-state index >= 15 is 0 Å². The number of anilines is 1. The molecule has 1 aromatic rings. The fourth-order valence-corrected chi connectivity index (χ4v) is 3.63. The van der Waals surface area contributed by atoms with Gasteiger partial charge in [0.25, 0.3) is 0 Å². The van der Waals surface area contributed by atoms with Gasteiger partial charge in [-0.25, -0.2) is 4.98 Å². The van der Waals surface area contributed by atoms with Crippen LogP contribution in [-0.2, 0) is 4.74 Å². The van der Waals surface area contributed by atoms with Gasteiger partial charge in [0, 0.05) is 38.1 Å². The zero-order valence-corrected chi connectivity index (χ0v) is 11.8. The molecule has 0 bridgehead atoms. The molecule has 3 rings (SSSR count). The number of aromatic nitrogens is 1. The summed E-state index contributed by atoms with van der Waals surface area (Å²) in [5, 5.41) is 3.35. The van der Waals surface area contributed by atoms with Crippen molar-refractivity contribution in [3.8, 4) is 0 Å². The lowest BCUT2D eigenvalue weighted by Crippen LogP contribution is -2.39. The van der Waals surface area contributed by atoms with Crippen LogP contribution in [0.5, 0.6) is 0 Å². The predicted octanol–water partition coefficient (Wildman–Crippen LogP) is 1.61. The van der Waals surface area contributed by atoms with E-state index < -0.39 is 0 Å². The molecule has 0 N–H and O–H groups in total. The van der Waals surface area contributed by atoms with Crippen LogP contribution in [0.15, 0.2) is 5.38 Å². The molecular formula is C13H21N3OS. The minimum atomic E-state index is 0.798. The van der Waals surface area contributed by atoms with Gasteiger partial charge in [-0.1, -0.05) is 0 Å². The Morgan fingerprint density at radius 3 is 2.94 bits per heavy atom. The molecule has 0 aliphatic carbocycles. The van der Waals surface area contributed by atoms with Crippen LogP contribution in [0.25, 0.3) is 0 Å². The lowest BCUT2D eigenvalue weighted by molar-refractivity contribution is 0.0320. The third-order valence-electron chi connectivity index (χ3n) is 3.78. The Morgan fingerprint density at radius 2 is 2.22 bits per heavy atom. The lowest BCUT2D eigenvalue weighted by Gasteiger charge is -2.28. The van der Waals surface area contributed by atoms with Gasteiger partial charge in [-0.3, -0.25) is 4.90 Å². The van der Waals surface area contributed by atoms with Crippen LogP contribution in [0.4, 0.5) is 5.13 Å². The molecule has 3 heterocycles. The Morgan fingerprint density at radius 1 is 1.39 bits per heavy atom. The van der Waals surface area contributed by atoms with Gasteiger partial charge < -0.3 is 9.64 Å². The van der Waals surface area contributed by atoms with E-state index in [-0.39, 0.29) is 0 Å². The second-order valence-electron chi connectivity index (χ2n) is 5.29. The lowest BCUT2D eigenvalue weighted by atomic mass is 10.1. The molecule has 1 atom stereocenters. The zero-order valence-electron chi connectivity index (χ0n) is 11.0. The van der Waals surface area contributed by atoms with Gasteiger partial charge in [0.15, 0.2) is 5.13 Å². The monoisotopic (exact) mass is 267 g/mol. The molecule has 1 aromatic heterocycles. The van der Waals surface area contributed by atoms with Crippen molar-refractivity contribution in [3.05, 3.63) is 11.1 Å². The summed E-state index contributed by atoms with van der Waals surface area (Å²) in [6.07, 6.45) is 1.30. The Bertz CT molecular complexity index is 389. The highest BCUT2D eigenvalue weighted by atomic mass is 32.1. The molecule has 0 radical (unpaired) electrons. The topological polar surface area (TPSA) is 28.6 Å². The highest BCUT2D eigenvalue weighted by Gasteiger charge is 2.26. The van der Waals surface area contributed by atoms with Crippen molar-refractivity contribution < 1.29 is 4.74 Å². The molecule has 0 saturated carbocycles. The van der Waals surface area contributed by atoms with Crippen LogP contribution in [-0.4, -0.2) is 55.8 Å². The average Bonchev–Trinajstić information content (AvgIpc) is 2.99. The SMILES string of the molecule is Cc1csc(N2CCC(CN3CCOCC3)C2)n1. The molecule has 4 nitrogen and oxygen atoms in total. The Balaban J connectivity index is 1.51. The van der Waals surface area contributed by atoms with E-state index in [1.165, 1.54) is 31.2 Å². The third kappa shape index (κ3) is 2.84. The molecule has 2 aliphatic heterocycles. The van der Waals surface area contributed by atoms with E-state index in [1.54, 1.807) is 11.3 Å². The largest absolute Gasteiger partial charge is 0.379 e. The van der Waals surface area contributed by atoms with Crippen molar-refractivity contribution in [1.29, 1.82) is 0 Å².